The smallest absolute Gasteiger partial charge is 0.421 e. The molecule has 2 aromatic heterocycles. The maximum atomic E-state index is 15.0. The highest BCUT2D eigenvalue weighted by molar-refractivity contribution is 5.92. The van der Waals surface area contributed by atoms with Crippen LogP contribution in [0.25, 0.3) is 11.0 Å². The van der Waals surface area contributed by atoms with Crippen LogP contribution in [0.2, 0.25) is 0 Å². The van der Waals surface area contributed by atoms with E-state index in [2.05, 4.69) is 9.97 Å². The molecular weight excluding hydrogens is 575 g/mol. The van der Waals surface area contributed by atoms with Crippen LogP contribution < -0.4 is 4.74 Å². The van der Waals surface area contributed by atoms with Crippen LogP contribution in [0.1, 0.15) is 58.0 Å². The van der Waals surface area contributed by atoms with Gasteiger partial charge in [-0.15, -0.1) is 0 Å². The molecule has 4 aromatic rings. The van der Waals surface area contributed by atoms with Crippen molar-refractivity contribution in [3.63, 3.8) is 0 Å². The average Bonchev–Trinajstić information content (AvgIpc) is 3.28. The van der Waals surface area contributed by atoms with Crippen molar-refractivity contribution >= 4 is 17.0 Å². The van der Waals surface area contributed by atoms with E-state index in [1.54, 1.807) is 4.57 Å². The second kappa shape index (κ2) is 11.2. The number of alkyl halides is 3. The first kappa shape index (κ1) is 29.0. The van der Waals surface area contributed by atoms with Crippen LogP contribution in [-0.4, -0.2) is 49.8 Å². The maximum Gasteiger partial charge on any atom is 0.421 e. The number of rotatable bonds is 8. The number of carboxylic acids is 1. The second-order valence-corrected chi connectivity index (χ2v) is 10.7. The number of carbonyl (C=O) groups is 1. The summed E-state index contributed by atoms with van der Waals surface area (Å²) in [6.07, 6.45) is -3.76. The number of aromatic carboxylic acids is 1. The lowest BCUT2D eigenvalue weighted by Crippen LogP contribution is -2.36. The summed E-state index contributed by atoms with van der Waals surface area (Å²) in [4.78, 5) is 22.4. The van der Waals surface area contributed by atoms with Crippen molar-refractivity contribution in [3.8, 4) is 5.88 Å². The Labute approximate surface area is 242 Å². The molecular formula is C30H27F5N4O4. The van der Waals surface area contributed by atoms with Gasteiger partial charge in [-0.3, -0.25) is 4.90 Å². The van der Waals surface area contributed by atoms with Crippen molar-refractivity contribution in [2.75, 3.05) is 13.2 Å². The highest BCUT2D eigenvalue weighted by Gasteiger charge is 2.38. The lowest BCUT2D eigenvalue weighted by molar-refractivity contribution is -0.139. The first-order valence-electron chi connectivity index (χ1n) is 13.7. The van der Waals surface area contributed by atoms with Gasteiger partial charge in [-0.25, -0.2) is 23.5 Å². The van der Waals surface area contributed by atoms with Gasteiger partial charge < -0.3 is 19.1 Å². The normalized spacial score (nSPS) is 18.8. The summed E-state index contributed by atoms with van der Waals surface area (Å²) in [6, 6.07) is 8.18. The third-order valence-corrected chi connectivity index (χ3v) is 7.96. The molecule has 8 nitrogen and oxygen atoms in total. The Kier molecular flexibility index (Phi) is 7.55. The number of pyridine rings is 1. The van der Waals surface area contributed by atoms with Crippen LogP contribution in [0.3, 0.4) is 0 Å². The molecule has 1 saturated heterocycles. The van der Waals surface area contributed by atoms with Crippen LogP contribution >= 0.6 is 0 Å². The Morgan fingerprint density at radius 2 is 1.88 bits per heavy atom. The van der Waals surface area contributed by atoms with Gasteiger partial charge in [-0.05, 0) is 61.2 Å². The molecule has 4 heterocycles. The van der Waals surface area contributed by atoms with E-state index in [9.17, 15) is 31.9 Å². The molecule has 1 fully saturated rings. The second-order valence-electron chi connectivity index (χ2n) is 10.7. The molecule has 2 aliphatic rings. The molecule has 226 valence electrons. The van der Waals surface area contributed by atoms with Crippen molar-refractivity contribution in [2.45, 2.75) is 57.8 Å². The van der Waals surface area contributed by atoms with E-state index in [0.717, 1.165) is 18.6 Å². The third kappa shape index (κ3) is 5.78. The van der Waals surface area contributed by atoms with E-state index in [0.29, 0.717) is 47.9 Å². The fourth-order valence-electron chi connectivity index (χ4n) is 5.50. The molecule has 43 heavy (non-hydrogen) atoms. The number of aromatic nitrogens is 3. The van der Waals surface area contributed by atoms with E-state index in [1.165, 1.54) is 30.3 Å². The number of halogens is 5. The number of benzene rings is 2. The molecule has 0 unspecified atom stereocenters. The molecule has 2 aromatic carbocycles. The van der Waals surface area contributed by atoms with Crippen molar-refractivity contribution in [1.29, 1.82) is 0 Å². The van der Waals surface area contributed by atoms with Gasteiger partial charge in [0, 0.05) is 13.2 Å². The fraction of sp³-hybridized carbons (Fsp3) is 0.367. The zero-order valence-corrected chi connectivity index (χ0v) is 23.0. The van der Waals surface area contributed by atoms with Crippen LogP contribution in [0.4, 0.5) is 22.0 Å². The Bertz CT molecular complexity index is 1690. The van der Waals surface area contributed by atoms with Gasteiger partial charge in [-0.1, -0.05) is 12.1 Å². The Morgan fingerprint density at radius 3 is 2.53 bits per heavy atom. The van der Waals surface area contributed by atoms with Crippen molar-refractivity contribution in [1.82, 2.24) is 19.4 Å². The quantitative estimate of drug-likeness (QED) is 0.251. The van der Waals surface area contributed by atoms with Crippen molar-refractivity contribution in [2.24, 2.45) is 0 Å². The summed E-state index contributed by atoms with van der Waals surface area (Å²) in [5.41, 5.74) is 0.519. The Hall–Kier alpha value is -4.10. The van der Waals surface area contributed by atoms with Crippen LogP contribution in [0.5, 0.6) is 5.88 Å². The monoisotopic (exact) mass is 602 g/mol. The highest BCUT2D eigenvalue weighted by Crippen LogP contribution is 2.40. The standard InChI is InChI=1S/C30H27F5N4O4/c1-16-26-18(10-22(30(33,34)35)28(37-26)43-15-17-2-4-20(31)5-3-17)6-8-38(16)14-25-36-27-23(32)11-19(29(40)41)12-24(27)39(25)13-21-7-9-42-21/h2-5,10-12,16,21H,6-9,13-15H2,1H3,(H,40,41)/t16-,21-/m0/s1. The fourth-order valence-corrected chi connectivity index (χ4v) is 5.50. The molecule has 2 aliphatic heterocycles. The Balaban J connectivity index is 1.32. The van der Waals surface area contributed by atoms with Gasteiger partial charge >= 0.3 is 12.1 Å². The largest absolute Gasteiger partial charge is 0.478 e. The molecule has 1 N–H and O–H groups in total. The molecule has 0 aliphatic carbocycles. The van der Waals surface area contributed by atoms with Crippen LogP contribution in [-0.2, 0) is 37.0 Å². The number of hydrogen-bond donors (Lipinski definition) is 1. The highest BCUT2D eigenvalue weighted by atomic mass is 19.4. The third-order valence-electron chi connectivity index (χ3n) is 7.96. The topological polar surface area (TPSA) is 89.7 Å². The molecule has 6 rings (SSSR count). The summed E-state index contributed by atoms with van der Waals surface area (Å²) in [5.74, 6) is -2.59. The molecule has 0 spiro atoms. The summed E-state index contributed by atoms with van der Waals surface area (Å²) in [6.45, 7) is 3.12. The minimum Gasteiger partial charge on any atom is -0.478 e. The summed E-state index contributed by atoms with van der Waals surface area (Å²) in [7, 11) is 0. The van der Waals surface area contributed by atoms with E-state index >= 15 is 0 Å². The average molecular weight is 603 g/mol. The van der Waals surface area contributed by atoms with Gasteiger partial charge in [0.05, 0.1) is 42.0 Å². The Morgan fingerprint density at radius 1 is 1.14 bits per heavy atom. The minimum atomic E-state index is -4.70. The van der Waals surface area contributed by atoms with Gasteiger partial charge in [-0.2, -0.15) is 13.2 Å². The maximum absolute atomic E-state index is 15.0. The number of carboxylic acid groups (broad SMARTS) is 1. The van der Waals surface area contributed by atoms with E-state index in [1.807, 2.05) is 11.8 Å². The molecule has 13 heteroatoms. The molecule has 0 bridgehead atoms. The lowest BCUT2D eigenvalue weighted by Gasteiger charge is -2.35. The SMILES string of the molecule is C[C@H]1c2nc(OCc3ccc(F)cc3)c(C(F)(F)F)cc2CCN1Cc1nc2c(F)cc(C(=O)O)cc2n1C[C@@H]1CCO1. The first-order valence-corrected chi connectivity index (χ1v) is 13.7. The van der Waals surface area contributed by atoms with E-state index in [4.69, 9.17) is 9.47 Å². The van der Waals surface area contributed by atoms with Crippen molar-refractivity contribution in [3.05, 3.63) is 87.9 Å². The van der Waals surface area contributed by atoms with Gasteiger partial charge in [0.1, 0.15) is 29.3 Å². The lowest BCUT2D eigenvalue weighted by atomic mass is 9.97. The van der Waals surface area contributed by atoms with Gasteiger partial charge in [0.25, 0.3) is 0 Å². The number of ether oxygens (including phenoxy) is 2. The molecule has 0 saturated carbocycles. The van der Waals surface area contributed by atoms with Gasteiger partial charge in [0.2, 0.25) is 5.88 Å². The van der Waals surface area contributed by atoms with Crippen LogP contribution in [0, 0.1) is 11.6 Å². The summed E-state index contributed by atoms with van der Waals surface area (Å²) in [5, 5.41) is 9.47. The predicted octanol–water partition coefficient (Wildman–Crippen LogP) is 5.91. The first-order chi connectivity index (χ1) is 20.5. The molecule has 0 radical (unpaired) electrons. The van der Waals surface area contributed by atoms with Crippen molar-refractivity contribution < 1.29 is 41.3 Å². The number of imidazole rings is 1. The molecule has 0 amide bonds. The molecule has 2 atom stereocenters. The predicted molar refractivity (Wildman–Crippen MR) is 144 cm³/mol. The summed E-state index contributed by atoms with van der Waals surface area (Å²) < 4.78 is 83.1. The van der Waals surface area contributed by atoms with E-state index in [-0.39, 0.29) is 36.8 Å². The number of hydrogen-bond acceptors (Lipinski definition) is 6. The zero-order valence-electron chi connectivity index (χ0n) is 23.0. The number of nitrogens with zero attached hydrogens (tertiary/aromatic N) is 4. The zero-order chi connectivity index (χ0) is 30.5. The van der Waals surface area contributed by atoms with Crippen LogP contribution in [0.15, 0.2) is 42.5 Å². The van der Waals surface area contributed by atoms with Gasteiger partial charge in [0.15, 0.2) is 5.82 Å². The minimum absolute atomic E-state index is 0.0359. The van der Waals surface area contributed by atoms with E-state index < -0.39 is 41.3 Å². The number of fused-ring (bicyclic) bond motifs is 2. The summed E-state index contributed by atoms with van der Waals surface area (Å²) >= 11 is 0.